The summed E-state index contributed by atoms with van der Waals surface area (Å²) in [6.45, 7) is 6.17. The molecule has 0 aliphatic carbocycles. The third-order valence-electron chi connectivity index (χ3n) is 6.40. The van der Waals surface area contributed by atoms with Crippen LogP contribution in [0.3, 0.4) is 0 Å². The van der Waals surface area contributed by atoms with Crippen LogP contribution >= 0.6 is 11.6 Å². The van der Waals surface area contributed by atoms with Gasteiger partial charge in [-0.1, -0.05) is 11.6 Å². The van der Waals surface area contributed by atoms with E-state index in [2.05, 4.69) is 42.7 Å². The van der Waals surface area contributed by atoms with Crippen molar-refractivity contribution in [2.24, 2.45) is 0 Å². The number of halogens is 1. The summed E-state index contributed by atoms with van der Waals surface area (Å²) < 4.78 is 6.77. The van der Waals surface area contributed by atoms with Gasteiger partial charge in [0.25, 0.3) is 0 Å². The molecule has 0 radical (unpaired) electrons. The second kappa shape index (κ2) is 9.43. The molecule has 11 heteroatoms. The third kappa shape index (κ3) is 4.12. The molecule has 0 amide bonds. The van der Waals surface area contributed by atoms with E-state index in [4.69, 9.17) is 16.3 Å². The quantitative estimate of drug-likeness (QED) is 0.549. The molecule has 0 saturated carbocycles. The van der Waals surface area contributed by atoms with E-state index in [-0.39, 0.29) is 11.9 Å². The molecular weight excluding hydrogens is 454 g/mol. The van der Waals surface area contributed by atoms with Crippen molar-refractivity contribution in [1.82, 2.24) is 24.5 Å². The maximum atomic E-state index is 9.66. The van der Waals surface area contributed by atoms with Gasteiger partial charge in [0.15, 0.2) is 17.2 Å². The number of rotatable bonds is 6. The van der Waals surface area contributed by atoms with Gasteiger partial charge in [-0.3, -0.25) is 4.90 Å². The van der Waals surface area contributed by atoms with E-state index < -0.39 is 0 Å². The van der Waals surface area contributed by atoms with E-state index in [0.29, 0.717) is 46.0 Å². The molecule has 5 rings (SSSR count). The Bertz CT molecular complexity index is 1300. The van der Waals surface area contributed by atoms with E-state index in [1.807, 2.05) is 13.0 Å². The molecule has 34 heavy (non-hydrogen) atoms. The van der Waals surface area contributed by atoms with Crippen LogP contribution in [-0.2, 0) is 4.74 Å². The summed E-state index contributed by atoms with van der Waals surface area (Å²) in [6.07, 6.45) is 3.40. The maximum Gasteiger partial charge on any atom is 0.247 e. The van der Waals surface area contributed by atoms with Crippen LogP contribution in [0.15, 0.2) is 18.3 Å². The van der Waals surface area contributed by atoms with E-state index >= 15 is 0 Å². The molecule has 3 aromatic rings. The fourth-order valence-corrected chi connectivity index (χ4v) is 4.84. The first-order chi connectivity index (χ1) is 16.6. The fraction of sp³-hybridized carbons (Fsp3) is 0.435. The molecule has 0 bridgehead atoms. The molecular formula is C23H24ClN9O. The predicted molar refractivity (Wildman–Crippen MR) is 127 cm³/mol. The van der Waals surface area contributed by atoms with Crippen molar-refractivity contribution in [3.63, 3.8) is 0 Å². The molecule has 0 atom stereocenters. The molecule has 2 aliphatic rings. The van der Waals surface area contributed by atoms with Crippen LogP contribution in [0, 0.1) is 22.7 Å². The highest BCUT2D eigenvalue weighted by Crippen LogP contribution is 2.39. The number of nitrogens with zero attached hydrogens (tertiary/aromatic N) is 7. The average Bonchev–Trinajstić information content (AvgIpc) is 3.23. The number of nitrogens with one attached hydrogen (secondary N) is 2. The standard InChI is InChI=1S/C23H24ClN9O/c1-2-27-21-22-28-11-16(10-26)33(22)31-23(30-21)29-19-8-14(9-25)7-18(20(19)24)15-3-5-32(6-4-15)17-12-34-13-17/h7-8,11,15,17H,2-6,12-13H2,1H3,(H2,27,29,30,31). The van der Waals surface area contributed by atoms with Crippen LogP contribution in [0.1, 0.15) is 42.5 Å². The Labute approximate surface area is 202 Å². The van der Waals surface area contributed by atoms with Crippen LogP contribution < -0.4 is 10.6 Å². The molecule has 2 aliphatic heterocycles. The lowest BCUT2D eigenvalue weighted by atomic mass is 9.87. The average molecular weight is 478 g/mol. The van der Waals surface area contributed by atoms with Gasteiger partial charge in [0.2, 0.25) is 5.95 Å². The number of aromatic nitrogens is 4. The van der Waals surface area contributed by atoms with Crippen molar-refractivity contribution in [2.75, 3.05) is 43.5 Å². The largest absolute Gasteiger partial charge is 0.378 e. The van der Waals surface area contributed by atoms with E-state index in [0.717, 1.165) is 44.7 Å². The fourth-order valence-electron chi connectivity index (χ4n) is 4.53. The zero-order chi connectivity index (χ0) is 23.7. The highest BCUT2D eigenvalue weighted by atomic mass is 35.5. The zero-order valence-corrected chi connectivity index (χ0v) is 19.5. The minimum Gasteiger partial charge on any atom is -0.378 e. The predicted octanol–water partition coefficient (Wildman–Crippen LogP) is 3.27. The Morgan fingerprint density at radius 1 is 1.21 bits per heavy atom. The highest BCUT2D eigenvalue weighted by Gasteiger charge is 2.31. The molecule has 2 aromatic heterocycles. The number of ether oxygens (including phenoxy) is 1. The molecule has 2 N–H and O–H groups in total. The molecule has 174 valence electrons. The molecule has 2 saturated heterocycles. The Balaban J connectivity index is 1.46. The lowest BCUT2D eigenvalue weighted by molar-refractivity contribution is -0.0712. The van der Waals surface area contributed by atoms with Gasteiger partial charge in [-0.05, 0) is 56.5 Å². The van der Waals surface area contributed by atoms with Gasteiger partial charge in [-0.2, -0.15) is 20.0 Å². The zero-order valence-electron chi connectivity index (χ0n) is 18.8. The number of anilines is 3. The topological polar surface area (TPSA) is 127 Å². The Hall–Kier alpha value is -3.44. The summed E-state index contributed by atoms with van der Waals surface area (Å²) in [4.78, 5) is 11.3. The third-order valence-corrected chi connectivity index (χ3v) is 6.83. The summed E-state index contributed by atoms with van der Waals surface area (Å²) in [6, 6.07) is 8.44. The summed E-state index contributed by atoms with van der Waals surface area (Å²) >= 11 is 6.87. The van der Waals surface area contributed by atoms with Crippen LogP contribution in [0.2, 0.25) is 5.02 Å². The number of imidazole rings is 1. The molecule has 1 aromatic carbocycles. The second-order valence-corrected chi connectivity index (χ2v) is 8.85. The highest BCUT2D eigenvalue weighted by molar-refractivity contribution is 6.34. The normalized spacial score (nSPS) is 17.2. The van der Waals surface area contributed by atoms with Crippen LogP contribution in [-0.4, -0.2) is 63.4 Å². The Morgan fingerprint density at radius 2 is 2.00 bits per heavy atom. The second-order valence-electron chi connectivity index (χ2n) is 8.47. The van der Waals surface area contributed by atoms with Crippen molar-refractivity contribution in [1.29, 1.82) is 10.5 Å². The van der Waals surface area contributed by atoms with Crippen LogP contribution in [0.5, 0.6) is 0 Å². The molecule has 10 nitrogen and oxygen atoms in total. The monoisotopic (exact) mass is 477 g/mol. The molecule has 4 heterocycles. The molecule has 0 spiro atoms. The Kier molecular flexibility index (Phi) is 6.20. The van der Waals surface area contributed by atoms with E-state index in [1.54, 1.807) is 6.07 Å². The van der Waals surface area contributed by atoms with Crippen molar-refractivity contribution >= 4 is 34.7 Å². The molecule has 0 unspecified atom stereocenters. The van der Waals surface area contributed by atoms with Crippen molar-refractivity contribution in [3.05, 3.63) is 40.2 Å². The number of likely N-dealkylation sites (tertiary alicyclic amines) is 1. The minimum atomic E-state index is 0.251. The van der Waals surface area contributed by atoms with Crippen molar-refractivity contribution in [2.45, 2.75) is 31.7 Å². The van der Waals surface area contributed by atoms with Crippen LogP contribution in [0.4, 0.5) is 17.5 Å². The number of benzene rings is 1. The summed E-state index contributed by atoms with van der Waals surface area (Å²) in [5.41, 5.74) is 2.79. The molecule has 2 fully saturated rings. The van der Waals surface area contributed by atoms with Gasteiger partial charge in [-0.25, -0.2) is 4.98 Å². The number of fused-ring (bicyclic) bond motifs is 1. The van der Waals surface area contributed by atoms with E-state index in [1.165, 1.54) is 10.7 Å². The summed E-state index contributed by atoms with van der Waals surface area (Å²) in [5, 5.41) is 30.4. The number of hydrogen-bond acceptors (Lipinski definition) is 9. The van der Waals surface area contributed by atoms with Crippen molar-refractivity contribution < 1.29 is 4.74 Å². The SMILES string of the molecule is CCNc1nc(Nc2cc(C#N)cc(C3CCN(C4COC4)CC3)c2Cl)nn2c(C#N)cnc12. The first-order valence-electron chi connectivity index (χ1n) is 11.3. The van der Waals surface area contributed by atoms with E-state index in [9.17, 15) is 10.5 Å². The maximum absolute atomic E-state index is 9.66. The van der Waals surface area contributed by atoms with Gasteiger partial charge in [0.1, 0.15) is 6.07 Å². The first-order valence-corrected chi connectivity index (χ1v) is 11.7. The number of piperidine rings is 1. The van der Waals surface area contributed by atoms with Gasteiger partial charge >= 0.3 is 0 Å². The van der Waals surface area contributed by atoms with Crippen molar-refractivity contribution in [3.8, 4) is 12.1 Å². The summed E-state index contributed by atoms with van der Waals surface area (Å²) in [5.74, 6) is 1.01. The first kappa shape index (κ1) is 22.4. The van der Waals surface area contributed by atoms with Gasteiger partial charge in [0.05, 0.1) is 47.8 Å². The van der Waals surface area contributed by atoms with Gasteiger partial charge in [0, 0.05) is 6.54 Å². The number of nitriles is 2. The smallest absolute Gasteiger partial charge is 0.247 e. The Morgan fingerprint density at radius 3 is 2.65 bits per heavy atom. The summed E-state index contributed by atoms with van der Waals surface area (Å²) in [7, 11) is 0. The lowest BCUT2D eigenvalue weighted by Gasteiger charge is -2.41. The number of hydrogen-bond donors (Lipinski definition) is 2. The van der Waals surface area contributed by atoms with Crippen LogP contribution in [0.25, 0.3) is 5.65 Å². The lowest BCUT2D eigenvalue weighted by Crippen LogP contribution is -2.51. The van der Waals surface area contributed by atoms with Gasteiger partial charge in [-0.15, -0.1) is 5.10 Å². The minimum absolute atomic E-state index is 0.251. The van der Waals surface area contributed by atoms with Gasteiger partial charge < -0.3 is 15.4 Å².